The maximum atomic E-state index is 13.2. The number of non-ortho nitro benzene ring substituents is 1. The quantitative estimate of drug-likeness (QED) is 0.461. The number of nitro benzene ring substituents is 1. The van der Waals surface area contributed by atoms with Crippen LogP contribution in [-0.2, 0) is 4.74 Å². The molecule has 0 fully saturated rings. The lowest BCUT2D eigenvalue weighted by atomic mass is 10.1. The number of carbonyl (C=O) groups is 1. The van der Waals surface area contributed by atoms with Crippen molar-refractivity contribution in [3.8, 4) is 0 Å². The third-order valence-corrected chi connectivity index (χ3v) is 3.16. The van der Waals surface area contributed by atoms with Crippen LogP contribution in [0, 0.1) is 15.9 Å². The lowest BCUT2D eigenvalue weighted by Crippen LogP contribution is -2.17. The van der Waals surface area contributed by atoms with Gasteiger partial charge in [0.2, 0.25) is 0 Å². The fourth-order valence-electron chi connectivity index (χ4n) is 2.04. The van der Waals surface area contributed by atoms with E-state index in [4.69, 9.17) is 4.74 Å². The largest absolute Gasteiger partial charge is 0.383 e. The zero-order valence-corrected chi connectivity index (χ0v) is 12.9. The average molecular weight is 333 g/mol. The molecule has 0 saturated heterocycles. The topological polar surface area (TPSA) is 93.5 Å². The molecule has 0 aliphatic carbocycles. The molecule has 0 aromatic heterocycles. The van der Waals surface area contributed by atoms with Gasteiger partial charge in [-0.1, -0.05) is 6.07 Å². The first kappa shape index (κ1) is 17.4. The number of methoxy groups -OCH3 is 1. The van der Waals surface area contributed by atoms with Crippen LogP contribution in [0.2, 0.25) is 0 Å². The van der Waals surface area contributed by atoms with Crippen LogP contribution in [0.3, 0.4) is 0 Å². The number of amides is 1. The van der Waals surface area contributed by atoms with Crippen molar-refractivity contribution in [2.24, 2.45) is 0 Å². The molecule has 1 amide bonds. The van der Waals surface area contributed by atoms with E-state index in [1.54, 1.807) is 0 Å². The fourth-order valence-corrected chi connectivity index (χ4v) is 2.04. The van der Waals surface area contributed by atoms with E-state index < -0.39 is 16.6 Å². The van der Waals surface area contributed by atoms with Crippen LogP contribution in [0.5, 0.6) is 0 Å². The highest BCUT2D eigenvalue weighted by Gasteiger charge is 2.17. The van der Waals surface area contributed by atoms with Crippen LogP contribution < -0.4 is 10.6 Å². The fraction of sp³-hybridized carbons (Fsp3) is 0.188. The van der Waals surface area contributed by atoms with Gasteiger partial charge in [-0.25, -0.2) is 4.39 Å². The smallest absolute Gasteiger partial charge is 0.270 e. The summed E-state index contributed by atoms with van der Waals surface area (Å²) in [6, 6.07) is 9.31. The lowest BCUT2D eigenvalue weighted by Gasteiger charge is -2.12. The van der Waals surface area contributed by atoms with Gasteiger partial charge in [-0.3, -0.25) is 14.9 Å². The summed E-state index contributed by atoms with van der Waals surface area (Å²) in [5.41, 5.74) is 0.558. The number of hydrogen-bond acceptors (Lipinski definition) is 5. The number of rotatable bonds is 7. The first-order valence-electron chi connectivity index (χ1n) is 7.09. The van der Waals surface area contributed by atoms with Gasteiger partial charge in [0, 0.05) is 37.2 Å². The second-order valence-corrected chi connectivity index (χ2v) is 4.87. The molecule has 2 N–H and O–H groups in total. The molecule has 24 heavy (non-hydrogen) atoms. The molecule has 0 unspecified atom stereocenters. The Morgan fingerprint density at radius 1 is 1.29 bits per heavy atom. The van der Waals surface area contributed by atoms with Crippen LogP contribution in [0.4, 0.5) is 21.5 Å². The Bertz CT molecular complexity index is 752. The molecule has 0 radical (unpaired) electrons. The van der Waals surface area contributed by atoms with E-state index in [0.717, 1.165) is 6.07 Å². The summed E-state index contributed by atoms with van der Waals surface area (Å²) in [6.45, 7) is 0.830. The molecule has 0 bridgehead atoms. The minimum Gasteiger partial charge on any atom is -0.383 e. The summed E-state index contributed by atoms with van der Waals surface area (Å²) >= 11 is 0. The standard InChI is InChI=1S/C16H16FN3O4/c1-24-8-7-18-15-6-5-13(20(22)23)10-14(15)16(21)19-12-4-2-3-11(17)9-12/h2-6,9-10,18H,7-8H2,1H3,(H,19,21). The van der Waals surface area contributed by atoms with E-state index in [2.05, 4.69) is 10.6 Å². The molecule has 0 atom stereocenters. The van der Waals surface area contributed by atoms with Crippen molar-refractivity contribution in [3.05, 3.63) is 64.0 Å². The molecule has 8 heteroatoms. The molecule has 0 aliphatic rings. The molecule has 7 nitrogen and oxygen atoms in total. The predicted molar refractivity (Wildman–Crippen MR) is 87.8 cm³/mol. The van der Waals surface area contributed by atoms with Crippen molar-refractivity contribution < 1.29 is 18.8 Å². The summed E-state index contributed by atoms with van der Waals surface area (Å²) in [4.78, 5) is 22.8. The highest BCUT2D eigenvalue weighted by Crippen LogP contribution is 2.23. The molecule has 126 valence electrons. The monoisotopic (exact) mass is 333 g/mol. The summed E-state index contributed by atoms with van der Waals surface area (Å²) in [5, 5.41) is 16.4. The summed E-state index contributed by atoms with van der Waals surface area (Å²) in [7, 11) is 1.54. The predicted octanol–water partition coefficient (Wildman–Crippen LogP) is 3.04. The highest BCUT2D eigenvalue weighted by molar-refractivity contribution is 6.08. The Kier molecular flexibility index (Phi) is 5.80. The Hall–Kier alpha value is -3.00. The van der Waals surface area contributed by atoms with Crippen molar-refractivity contribution >= 4 is 23.0 Å². The Balaban J connectivity index is 2.28. The number of carbonyl (C=O) groups excluding carboxylic acids is 1. The molecule has 2 aromatic carbocycles. The molecular formula is C16H16FN3O4. The van der Waals surface area contributed by atoms with Crippen LogP contribution in [-0.4, -0.2) is 31.1 Å². The van der Waals surface area contributed by atoms with Gasteiger partial charge in [-0.15, -0.1) is 0 Å². The molecule has 2 aromatic rings. The average Bonchev–Trinajstić information content (AvgIpc) is 2.55. The summed E-state index contributed by atoms with van der Waals surface area (Å²) in [5.74, 6) is -1.07. The number of halogens is 1. The van der Waals surface area contributed by atoms with Gasteiger partial charge in [-0.2, -0.15) is 0 Å². The van der Waals surface area contributed by atoms with E-state index >= 15 is 0 Å². The maximum absolute atomic E-state index is 13.2. The minimum atomic E-state index is -0.585. The molecule has 0 heterocycles. The van der Waals surface area contributed by atoms with Gasteiger partial charge >= 0.3 is 0 Å². The van der Waals surface area contributed by atoms with Crippen molar-refractivity contribution in [1.29, 1.82) is 0 Å². The van der Waals surface area contributed by atoms with Crippen molar-refractivity contribution in [2.45, 2.75) is 0 Å². The highest BCUT2D eigenvalue weighted by atomic mass is 19.1. The Labute approximate surface area is 137 Å². The SMILES string of the molecule is COCCNc1ccc([N+](=O)[O-])cc1C(=O)Nc1cccc(F)c1. The van der Waals surface area contributed by atoms with Crippen molar-refractivity contribution in [2.75, 3.05) is 30.9 Å². The van der Waals surface area contributed by atoms with Gasteiger partial charge in [0.1, 0.15) is 5.82 Å². The van der Waals surface area contributed by atoms with Crippen LogP contribution in [0.15, 0.2) is 42.5 Å². The first-order chi connectivity index (χ1) is 11.5. The summed E-state index contributed by atoms with van der Waals surface area (Å²) in [6.07, 6.45) is 0. The molecule has 0 saturated carbocycles. The number of ether oxygens (including phenoxy) is 1. The normalized spacial score (nSPS) is 10.2. The number of nitro groups is 1. The first-order valence-corrected chi connectivity index (χ1v) is 7.09. The molecular weight excluding hydrogens is 317 g/mol. The van der Waals surface area contributed by atoms with Gasteiger partial charge < -0.3 is 15.4 Å². The number of hydrogen-bond donors (Lipinski definition) is 2. The number of anilines is 2. The van der Waals surface area contributed by atoms with Crippen LogP contribution in [0.1, 0.15) is 10.4 Å². The Morgan fingerprint density at radius 2 is 2.08 bits per heavy atom. The van der Waals surface area contributed by atoms with Crippen molar-refractivity contribution in [3.63, 3.8) is 0 Å². The zero-order chi connectivity index (χ0) is 17.5. The van der Waals surface area contributed by atoms with Gasteiger partial charge in [0.15, 0.2) is 0 Å². The minimum absolute atomic E-state index is 0.0876. The third-order valence-electron chi connectivity index (χ3n) is 3.16. The molecule has 0 spiro atoms. The second kappa shape index (κ2) is 8.02. The van der Waals surface area contributed by atoms with E-state index in [1.807, 2.05) is 0 Å². The lowest BCUT2D eigenvalue weighted by molar-refractivity contribution is -0.384. The van der Waals surface area contributed by atoms with Crippen LogP contribution in [0.25, 0.3) is 0 Å². The number of nitrogens with zero attached hydrogens (tertiary/aromatic N) is 1. The van der Waals surface area contributed by atoms with Gasteiger partial charge in [-0.05, 0) is 24.3 Å². The third kappa shape index (κ3) is 4.50. The zero-order valence-electron chi connectivity index (χ0n) is 12.9. The maximum Gasteiger partial charge on any atom is 0.270 e. The van der Waals surface area contributed by atoms with E-state index in [9.17, 15) is 19.3 Å². The van der Waals surface area contributed by atoms with E-state index in [0.29, 0.717) is 18.8 Å². The molecule has 0 aliphatic heterocycles. The number of nitrogens with one attached hydrogen (secondary N) is 2. The second-order valence-electron chi connectivity index (χ2n) is 4.87. The summed E-state index contributed by atoms with van der Waals surface area (Å²) < 4.78 is 18.1. The van der Waals surface area contributed by atoms with E-state index in [-0.39, 0.29) is 16.9 Å². The Morgan fingerprint density at radius 3 is 2.75 bits per heavy atom. The van der Waals surface area contributed by atoms with Crippen LogP contribution >= 0.6 is 0 Å². The van der Waals surface area contributed by atoms with Crippen molar-refractivity contribution in [1.82, 2.24) is 0 Å². The molecule has 2 rings (SSSR count). The van der Waals surface area contributed by atoms with E-state index in [1.165, 1.54) is 43.5 Å². The van der Waals surface area contributed by atoms with Gasteiger partial charge in [0.25, 0.3) is 11.6 Å². The number of benzene rings is 2. The van der Waals surface area contributed by atoms with Gasteiger partial charge in [0.05, 0.1) is 17.1 Å².